The Morgan fingerprint density at radius 2 is 1.68 bits per heavy atom. The van der Waals surface area contributed by atoms with Crippen LogP contribution in [-0.2, 0) is 11.2 Å². The van der Waals surface area contributed by atoms with Gasteiger partial charge in [-0.05, 0) is 30.9 Å². The van der Waals surface area contributed by atoms with Gasteiger partial charge in [-0.3, -0.25) is 4.79 Å². The van der Waals surface area contributed by atoms with Crippen LogP contribution in [0.3, 0.4) is 0 Å². The number of benzene rings is 1. The lowest BCUT2D eigenvalue weighted by atomic mass is 9.72. The van der Waals surface area contributed by atoms with Gasteiger partial charge in [-0.25, -0.2) is 4.39 Å². The predicted octanol–water partition coefficient (Wildman–Crippen LogP) is 4.18. The third-order valence-electron chi connectivity index (χ3n) is 4.25. The molecule has 1 aliphatic rings. The molecule has 104 valence electrons. The highest BCUT2D eigenvalue weighted by Gasteiger charge is 2.38. The zero-order valence-corrected chi connectivity index (χ0v) is 11.2. The van der Waals surface area contributed by atoms with Crippen molar-refractivity contribution in [2.24, 2.45) is 5.41 Å². The molecule has 2 nitrogen and oxygen atoms in total. The van der Waals surface area contributed by atoms with Crippen molar-refractivity contribution < 1.29 is 14.3 Å². The number of rotatable bonds is 3. The van der Waals surface area contributed by atoms with E-state index in [1.165, 1.54) is 12.5 Å². The van der Waals surface area contributed by atoms with E-state index in [-0.39, 0.29) is 5.82 Å². The summed E-state index contributed by atoms with van der Waals surface area (Å²) in [6.45, 7) is 0. The van der Waals surface area contributed by atoms with Crippen molar-refractivity contribution in [2.45, 2.75) is 51.4 Å². The molecular weight excluding hydrogens is 243 g/mol. The van der Waals surface area contributed by atoms with Crippen LogP contribution in [0.15, 0.2) is 24.3 Å². The van der Waals surface area contributed by atoms with E-state index in [0.717, 1.165) is 25.7 Å². The molecule has 1 aromatic carbocycles. The highest BCUT2D eigenvalue weighted by Crippen LogP contribution is 2.38. The average molecular weight is 264 g/mol. The molecule has 1 aliphatic carbocycles. The fourth-order valence-corrected chi connectivity index (χ4v) is 3.05. The monoisotopic (exact) mass is 264 g/mol. The van der Waals surface area contributed by atoms with Crippen LogP contribution in [0.25, 0.3) is 0 Å². The van der Waals surface area contributed by atoms with Gasteiger partial charge in [0.2, 0.25) is 0 Å². The van der Waals surface area contributed by atoms with Gasteiger partial charge < -0.3 is 5.11 Å². The van der Waals surface area contributed by atoms with Crippen LogP contribution in [-0.4, -0.2) is 11.1 Å². The van der Waals surface area contributed by atoms with Crippen molar-refractivity contribution in [2.75, 3.05) is 0 Å². The highest BCUT2D eigenvalue weighted by molar-refractivity contribution is 5.75. The molecule has 1 aromatic rings. The number of carbonyl (C=O) groups is 1. The van der Waals surface area contributed by atoms with Crippen LogP contribution in [0.4, 0.5) is 4.39 Å². The van der Waals surface area contributed by atoms with Gasteiger partial charge in [0.1, 0.15) is 5.82 Å². The quantitative estimate of drug-likeness (QED) is 0.889. The van der Waals surface area contributed by atoms with E-state index < -0.39 is 11.4 Å². The smallest absolute Gasteiger partial charge is 0.309 e. The summed E-state index contributed by atoms with van der Waals surface area (Å²) in [5.74, 6) is -1.05. The van der Waals surface area contributed by atoms with E-state index in [1.807, 2.05) is 0 Å². The molecule has 2 rings (SSSR count). The van der Waals surface area contributed by atoms with Crippen LogP contribution < -0.4 is 0 Å². The third-order valence-corrected chi connectivity index (χ3v) is 4.25. The molecule has 0 bridgehead atoms. The summed E-state index contributed by atoms with van der Waals surface area (Å²) in [4.78, 5) is 11.7. The van der Waals surface area contributed by atoms with Crippen molar-refractivity contribution in [1.29, 1.82) is 0 Å². The Labute approximate surface area is 113 Å². The van der Waals surface area contributed by atoms with Crippen LogP contribution >= 0.6 is 0 Å². The minimum absolute atomic E-state index is 0.287. The molecule has 0 atom stereocenters. The first-order valence-electron chi connectivity index (χ1n) is 7.11. The molecule has 0 aliphatic heterocycles. The molecule has 0 heterocycles. The molecule has 3 heteroatoms. The minimum atomic E-state index is -0.775. The fraction of sp³-hybridized carbons (Fsp3) is 0.562. The number of halogens is 1. The number of carboxylic acids is 1. The fourth-order valence-electron chi connectivity index (χ4n) is 3.05. The van der Waals surface area contributed by atoms with Gasteiger partial charge in [-0.2, -0.15) is 0 Å². The van der Waals surface area contributed by atoms with Crippen molar-refractivity contribution in [1.82, 2.24) is 0 Å². The highest BCUT2D eigenvalue weighted by atomic mass is 19.1. The predicted molar refractivity (Wildman–Crippen MR) is 72.5 cm³/mol. The topological polar surface area (TPSA) is 37.3 Å². The molecule has 1 fully saturated rings. The number of hydrogen-bond acceptors (Lipinski definition) is 1. The third kappa shape index (κ3) is 3.34. The summed E-state index contributed by atoms with van der Waals surface area (Å²) in [6.07, 6.45) is 6.87. The van der Waals surface area contributed by atoms with E-state index in [9.17, 15) is 14.3 Å². The van der Waals surface area contributed by atoms with E-state index >= 15 is 0 Å². The van der Waals surface area contributed by atoms with Gasteiger partial charge in [-0.15, -0.1) is 0 Å². The molecular formula is C16H21FO2. The lowest BCUT2D eigenvalue weighted by Gasteiger charge is -2.31. The maximum atomic E-state index is 13.8. The summed E-state index contributed by atoms with van der Waals surface area (Å²) in [7, 11) is 0. The Morgan fingerprint density at radius 1 is 1.11 bits per heavy atom. The Hall–Kier alpha value is -1.38. The number of carboxylic acid groups (broad SMARTS) is 1. The van der Waals surface area contributed by atoms with Gasteiger partial charge in [0, 0.05) is 0 Å². The first-order chi connectivity index (χ1) is 9.14. The molecule has 0 saturated heterocycles. The van der Waals surface area contributed by atoms with Crippen LogP contribution in [0.1, 0.15) is 50.5 Å². The standard InChI is InChI=1S/C16H21FO2/c17-14-9-5-4-8-13(14)12-16(15(18)19)10-6-2-1-3-7-11-16/h4-5,8-9H,1-3,6-7,10-12H2,(H,18,19). The minimum Gasteiger partial charge on any atom is -0.481 e. The Balaban J connectivity index is 2.23. The van der Waals surface area contributed by atoms with Crippen LogP contribution in [0.5, 0.6) is 0 Å². The van der Waals surface area contributed by atoms with Gasteiger partial charge in [-0.1, -0.05) is 50.3 Å². The van der Waals surface area contributed by atoms with Gasteiger partial charge in [0.25, 0.3) is 0 Å². The lowest BCUT2D eigenvalue weighted by molar-refractivity contribution is -0.150. The summed E-state index contributed by atoms with van der Waals surface area (Å²) in [6, 6.07) is 6.54. The second kappa shape index (κ2) is 6.18. The van der Waals surface area contributed by atoms with Crippen molar-refractivity contribution in [3.63, 3.8) is 0 Å². The summed E-state index contributed by atoms with van der Waals surface area (Å²) in [5.41, 5.74) is -0.242. The Kier molecular flexibility index (Phi) is 4.56. The molecule has 0 aromatic heterocycles. The second-order valence-electron chi connectivity index (χ2n) is 5.62. The normalized spacial score (nSPS) is 19.4. The second-order valence-corrected chi connectivity index (χ2v) is 5.62. The SMILES string of the molecule is O=C(O)C1(Cc2ccccc2F)CCCCCCC1. The van der Waals surface area contributed by atoms with Gasteiger partial charge in [0.15, 0.2) is 0 Å². The Bertz CT molecular complexity index is 434. The van der Waals surface area contributed by atoms with Crippen LogP contribution in [0, 0.1) is 11.2 Å². The van der Waals surface area contributed by atoms with Crippen molar-refractivity contribution in [3.05, 3.63) is 35.6 Å². The lowest BCUT2D eigenvalue weighted by Crippen LogP contribution is -2.34. The Morgan fingerprint density at radius 3 is 2.26 bits per heavy atom. The summed E-state index contributed by atoms with van der Waals surface area (Å²) >= 11 is 0. The molecule has 0 spiro atoms. The summed E-state index contributed by atoms with van der Waals surface area (Å²) in [5, 5.41) is 9.64. The zero-order chi connectivity index (χ0) is 13.7. The summed E-state index contributed by atoms with van der Waals surface area (Å²) < 4.78 is 13.8. The van der Waals surface area contributed by atoms with E-state index in [4.69, 9.17) is 0 Å². The largest absolute Gasteiger partial charge is 0.481 e. The van der Waals surface area contributed by atoms with E-state index in [0.29, 0.717) is 24.8 Å². The number of aliphatic carboxylic acids is 1. The molecule has 0 amide bonds. The molecule has 0 radical (unpaired) electrons. The zero-order valence-electron chi connectivity index (χ0n) is 11.2. The van der Waals surface area contributed by atoms with Gasteiger partial charge in [0.05, 0.1) is 5.41 Å². The average Bonchev–Trinajstić information content (AvgIpc) is 2.35. The maximum Gasteiger partial charge on any atom is 0.309 e. The number of hydrogen-bond donors (Lipinski definition) is 1. The van der Waals surface area contributed by atoms with E-state index in [1.54, 1.807) is 18.2 Å². The van der Waals surface area contributed by atoms with Crippen molar-refractivity contribution >= 4 is 5.97 Å². The van der Waals surface area contributed by atoms with Crippen molar-refractivity contribution in [3.8, 4) is 0 Å². The molecule has 1 N–H and O–H groups in total. The molecule has 19 heavy (non-hydrogen) atoms. The van der Waals surface area contributed by atoms with Gasteiger partial charge >= 0.3 is 5.97 Å². The first kappa shape index (κ1) is 14.0. The van der Waals surface area contributed by atoms with Crippen LogP contribution in [0.2, 0.25) is 0 Å². The molecule has 0 unspecified atom stereocenters. The first-order valence-corrected chi connectivity index (χ1v) is 7.11. The van der Waals surface area contributed by atoms with E-state index in [2.05, 4.69) is 0 Å². The molecule has 1 saturated carbocycles. The maximum absolute atomic E-state index is 13.8.